The zero-order chi connectivity index (χ0) is 31.6. The first-order chi connectivity index (χ1) is 23.2. The normalized spacial score (nSPS) is 11.1. The quantitative estimate of drug-likeness (QED) is 0.190. The molecule has 0 bridgehead atoms. The first kappa shape index (κ1) is 28.2. The topological polar surface area (TPSA) is 51.6 Å². The molecule has 0 N–H and O–H groups in total. The lowest BCUT2D eigenvalue weighted by Gasteiger charge is -2.14. The lowest BCUT2D eigenvalue weighted by Crippen LogP contribution is -1.97. The summed E-state index contributed by atoms with van der Waals surface area (Å²) in [5.41, 5.74) is 13.9. The van der Waals surface area contributed by atoms with Gasteiger partial charge in [-0.25, -0.2) is 9.97 Å². The summed E-state index contributed by atoms with van der Waals surface area (Å²) in [4.78, 5) is 19.0. The minimum atomic E-state index is 0.680. The van der Waals surface area contributed by atoms with E-state index in [2.05, 4.69) is 132 Å². The fraction of sp³-hybridized carbons (Fsp3) is 0.0233. The molecule has 8 rings (SSSR count). The van der Waals surface area contributed by atoms with Crippen LogP contribution in [0, 0.1) is 6.92 Å². The van der Waals surface area contributed by atoms with Crippen LogP contribution < -0.4 is 0 Å². The van der Waals surface area contributed by atoms with Gasteiger partial charge in [0.2, 0.25) is 0 Å². The molecular weight excluding hydrogens is 573 g/mol. The average Bonchev–Trinajstić information content (AvgIpc) is 3.15. The Morgan fingerprint density at radius 1 is 0.383 bits per heavy atom. The predicted octanol–water partition coefficient (Wildman–Crippen LogP) is 10.7. The first-order valence-corrected chi connectivity index (χ1v) is 15.7. The molecule has 5 aromatic carbocycles. The smallest absolute Gasteiger partial charge is 0.160 e. The van der Waals surface area contributed by atoms with E-state index in [1.807, 2.05) is 42.9 Å². The van der Waals surface area contributed by atoms with Crippen LogP contribution in [0.3, 0.4) is 0 Å². The number of pyridine rings is 2. The van der Waals surface area contributed by atoms with Crippen LogP contribution in [0.5, 0.6) is 0 Å². The minimum absolute atomic E-state index is 0.680. The molecule has 0 unspecified atom stereocenters. The fourth-order valence-corrected chi connectivity index (χ4v) is 6.02. The second kappa shape index (κ2) is 12.3. The van der Waals surface area contributed by atoms with Crippen LogP contribution in [0.2, 0.25) is 0 Å². The number of benzene rings is 5. The summed E-state index contributed by atoms with van der Waals surface area (Å²) in [6.45, 7) is 2.11. The van der Waals surface area contributed by atoms with Gasteiger partial charge in [-0.05, 0) is 94.4 Å². The summed E-state index contributed by atoms with van der Waals surface area (Å²) in [5, 5.41) is 1.02. The van der Waals surface area contributed by atoms with Gasteiger partial charge in [-0.15, -0.1) is 0 Å². The fourth-order valence-electron chi connectivity index (χ4n) is 6.02. The molecule has 4 nitrogen and oxygen atoms in total. The minimum Gasteiger partial charge on any atom is -0.265 e. The number of aryl methyl sites for hydroxylation is 1. The third-order valence-electron chi connectivity index (χ3n) is 8.55. The highest BCUT2D eigenvalue weighted by atomic mass is 14.9. The summed E-state index contributed by atoms with van der Waals surface area (Å²) in [6, 6.07) is 48.9. The molecule has 4 heteroatoms. The van der Waals surface area contributed by atoms with Gasteiger partial charge in [0.15, 0.2) is 5.82 Å². The van der Waals surface area contributed by atoms with Gasteiger partial charge in [-0.1, -0.05) is 96.6 Å². The summed E-state index contributed by atoms with van der Waals surface area (Å²) >= 11 is 0. The Morgan fingerprint density at radius 3 is 1.70 bits per heavy atom. The molecule has 3 aromatic heterocycles. The Morgan fingerprint density at radius 2 is 0.979 bits per heavy atom. The molecule has 0 fully saturated rings. The van der Waals surface area contributed by atoms with Crippen molar-refractivity contribution in [2.24, 2.45) is 0 Å². The number of nitrogens with zero attached hydrogens (tertiary/aromatic N) is 4. The van der Waals surface area contributed by atoms with Gasteiger partial charge in [0.1, 0.15) is 0 Å². The van der Waals surface area contributed by atoms with Crippen molar-refractivity contribution in [2.75, 3.05) is 0 Å². The number of hydrogen-bond donors (Lipinski definition) is 0. The summed E-state index contributed by atoms with van der Waals surface area (Å²) in [5.74, 6) is 0.680. The molecule has 0 spiro atoms. The molecule has 0 aliphatic heterocycles. The van der Waals surface area contributed by atoms with Gasteiger partial charge in [-0.3, -0.25) is 9.97 Å². The maximum atomic E-state index is 5.28. The molecule has 0 atom stereocenters. The lowest BCUT2D eigenvalue weighted by atomic mass is 9.95. The molecule has 0 aliphatic rings. The molecule has 8 aromatic rings. The van der Waals surface area contributed by atoms with Crippen molar-refractivity contribution >= 4 is 10.9 Å². The molecule has 47 heavy (non-hydrogen) atoms. The summed E-state index contributed by atoms with van der Waals surface area (Å²) in [7, 11) is 0. The second-order valence-electron chi connectivity index (χ2n) is 11.7. The van der Waals surface area contributed by atoms with E-state index in [-0.39, 0.29) is 0 Å². The number of aromatic nitrogens is 4. The summed E-state index contributed by atoms with van der Waals surface area (Å²) in [6.07, 6.45) is 7.35. The average molecular weight is 603 g/mol. The summed E-state index contributed by atoms with van der Waals surface area (Å²) < 4.78 is 0. The van der Waals surface area contributed by atoms with Gasteiger partial charge in [-0.2, -0.15) is 0 Å². The Kier molecular flexibility index (Phi) is 7.37. The van der Waals surface area contributed by atoms with Crippen molar-refractivity contribution in [3.8, 4) is 67.2 Å². The SMILES string of the molecule is Cc1ccc(-c2ccc3nc(-c4cc(-c5ccc(-c6ccncc6)cc5)cc(-c5cccnc5)c4)nc(-c4ccccc4)c3c2)cc1. The van der Waals surface area contributed by atoms with Gasteiger partial charge in [0.25, 0.3) is 0 Å². The largest absolute Gasteiger partial charge is 0.265 e. The van der Waals surface area contributed by atoms with E-state index in [0.717, 1.165) is 66.7 Å². The maximum absolute atomic E-state index is 5.28. The molecular formula is C43H30N4. The number of fused-ring (bicyclic) bond motifs is 1. The highest BCUT2D eigenvalue weighted by Crippen LogP contribution is 2.36. The van der Waals surface area contributed by atoms with Crippen LogP contribution in [0.25, 0.3) is 78.1 Å². The zero-order valence-electron chi connectivity index (χ0n) is 25.9. The highest BCUT2D eigenvalue weighted by molar-refractivity contribution is 5.96. The van der Waals surface area contributed by atoms with Gasteiger partial charge in [0, 0.05) is 46.9 Å². The van der Waals surface area contributed by atoms with Crippen molar-refractivity contribution in [1.29, 1.82) is 0 Å². The molecule has 0 aliphatic carbocycles. The van der Waals surface area contributed by atoms with Crippen LogP contribution >= 0.6 is 0 Å². The number of rotatable bonds is 6. The van der Waals surface area contributed by atoms with Crippen LogP contribution in [-0.2, 0) is 0 Å². The molecule has 0 saturated carbocycles. The number of hydrogen-bond acceptors (Lipinski definition) is 4. The van der Waals surface area contributed by atoms with Crippen LogP contribution in [0.15, 0.2) is 164 Å². The van der Waals surface area contributed by atoms with E-state index in [4.69, 9.17) is 9.97 Å². The Bertz CT molecular complexity index is 2320. The van der Waals surface area contributed by atoms with Crippen molar-refractivity contribution in [2.45, 2.75) is 6.92 Å². The molecule has 222 valence electrons. The van der Waals surface area contributed by atoms with Crippen molar-refractivity contribution < 1.29 is 0 Å². The predicted molar refractivity (Wildman–Crippen MR) is 192 cm³/mol. The van der Waals surface area contributed by atoms with Crippen molar-refractivity contribution in [3.05, 3.63) is 170 Å². The molecule has 0 radical (unpaired) electrons. The highest BCUT2D eigenvalue weighted by Gasteiger charge is 2.15. The third kappa shape index (κ3) is 5.81. The van der Waals surface area contributed by atoms with Crippen LogP contribution in [0.4, 0.5) is 0 Å². The van der Waals surface area contributed by atoms with E-state index >= 15 is 0 Å². The van der Waals surface area contributed by atoms with Crippen LogP contribution in [-0.4, -0.2) is 19.9 Å². The standard InChI is InChI=1S/C43H30N4/c1-29-9-11-31(12-10-29)35-17-18-41-40(27-35)42(34-6-3-2-4-7-34)47-43(46-41)39-25-37(24-38(26-39)36-8-5-21-45-28-36)32-15-13-30(14-16-32)33-19-22-44-23-20-33/h2-28H,1H3. The second-order valence-corrected chi connectivity index (χ2v) is 11.7. The molecule has 0 saturated heterocycles. The Labute approximate surface area is 274 Å². The van der Waals surface area contributed by atoms with E-state index < -0.39 is 0 Å². The van der Waals surface area contributed by atoms with Gasteiger partial charge in [0.05, 0.1) is 11.2 Å². The lowest BCUT2D eigenvalue weighted by molar-refractivity contribution is 1.23. The van der Waals surface area contributed by atoms with Crippen LogP contribution in [0.1, 0.15) is 5.56 Å². The van der Waals surface area contributed by atoms with E-state index in [9.17, 15) is 0 Å². The zero-order valence-corrected chi connectivity index (χ0v) is 25.9. The molecule has 3 heterocycles. The van der Waals surface area contributed by atoms with E-state index in [1.165, 1.54) is 11.1 Å². The van der Waals surface area contributed by atoms with E-state index in [0.29, 0.717) is 5.82 Å². The van der Waals surface area contributed by atoms with E-state index in [1.54, 1.807) is 6.20 Å². The van der Waals surface area contributed by atoms with Crippen molar-refractivity contribution in [1.82, 2.24) is 19.9 Å². The Balaban J connectivity index is 1.30. The van der Waals surface area contributed by atoms with Gasteiger partial charge < -0.3 is 0 Å². The molecule has 0 amide bonds. The van der Waals surface area contributed by atoms with Gasteiger partial charge >= 0.3 is 0 Å². The maximum Gasteiger partial charge on any atom is 0.160 e. The monoisotopic (exact) mass is 602 g/mol. The van der Waals surface area contributed by atoms with Crippen molar-refractivity contribution in [3.63, 3.8) is 0 Å². The Hall–Kier alpha value is -6.26. The third-order valence-corrected chi connectivity index (χ3v) is 8.55. The first-order valence-electron chi connectivity index (χ1n) is 15.7.